The number of methoxy groups -OCH3 is 1. The first-order chi connectivity index (χ1) is 9.06. The summed E-state index contributed by atoms with van der Waals surface area (Å²) in [7, 11) is 3.49. The molecule has 6 nitrogen and oxygen atoms in total. The van der Waals surface area contributed by atoms with Crippen LogP contribution in [-0.2, 0) is 7.05 Å². The van der Waals surface area contributed by atoms with Crippen LogP contribution < -0.4 is 16.0 Å². The van der Waals surface area contributed by atoms with Crippen LogP contribution in [0.5, 0.6) is 5.75 Å². The highest BCUT2D eigenvalue weighted by molar-refractivity contribution is 5.37. The molecule has 0 radical (unpaired) electrons. The lowest BCUT2D eigenvalue weighted by atomic mass is 10.0. The molecule has 2 aromatic rings. The number of nitrogens with two attached hydrogens (primary N) is 1. The number of nitrogens with zero attached hydrogens (tertiary/aromatic N) is 3. The van der Waals surface area contributed by atoms with Gasteiger partial charge in [0.2, 0.25) is 0 Å². The van der Waals surface area contributed by atoms with Gasteiger partial charge >= 0.3 is 0 Å². The van der Waals surface area contributed by atoms with Gasteiger partial charge in [0.25, 0.3) is 0 Å². The number of hydrogen-bond acceptors (Lipinski definition) is 5. The predicted molar refractivity (Wildman–Crippen MR) is 72.6 cm³/mol. The first-order valence-electron chi connectivity index (χ1n) is 6.04. The average Bonchev–Trinajstić information content (AvgIpc) is 2.71. The number of aromatic nitrogens is 3. The summed E-state index contributed by atoms with van der Waals surface area (Å²) in [6, 6.07) is 3.82. The molecule has 1 unspecified atom stereocenters. The maximum Gasteiger partial charge on any atom is 0.161 e. The lowest BCUT2D eigenvalue weighted by molar-refractivity contribution is 0.401. The molecule has 0 aliphatic carbocycles. The summed E-state index contributed by atoms with van der Waals surface area (Å²) in [5.41, 5.74) is 6.65. The van der Waals surface area contributed by atoms with Crippen molar-refractivity contribution >= 4 is 0 Å². The minimum atomic E-state index is -0.192. The lowest BCUT2D eigenvalue weighted by Crippen LogP contribution is -2.31. The van der Waals surface area contributed by atoms with E-state index in [1.165, 1.54) is 0 Å². The van der Waals surface area contributed by atoms with Crippen molar-refractivity contribution in [1.29, 1.82) is 0 Å². The Hall–Kier alpha value is -1.92. The van der Waals surface area contributed by atoms with Crippen LogP contribution in [-0.4, -0.2) is 21.9 Å². The van der Waals surface area contributed by atoms with Gasteiger partial charge in [0.1, 0.15) is 5.69 Å². The molecular weight excluding hydrogens is 242 g/mol. The third kappa shape index (κ3) is 2.59. The highest BCUT2D eigenvalue weighted by Crippen LogP contribution is 2.29. The van der Waals surface area contributed by atoms with Gasteiger partial charge in [0, 0.05) is 18.4 Å². The largest absolute Gasteiger partial charge is 0.493 e. The van der Waals surface area contributed by atoms with Crippen LogP contribution >= 0.6 is 0 Å². The predicted octanol–water partition coefficient (Wildman–Crippen LogP) is 0.993. The van der Waals surface area contributed by atoms with E-state index in [0.717, 1.165) is 22.6 Å². The van der Waals surface area contributed by atoms with Gasteiger partial charge < -0.3 is 4.74 Å². The van der Waals surface area contributed by atoms with Crippen molar-refractivity contribution < 1.29 is 4.74 Å². The number of ether oxygens (including phenoxy) is 1. The molecule has 0 aliphatic heterocycles. The first-order valence-corrected chi connectivity index (χ1v) is 6.04. The van der Waals surface area contributed by atoms with Crippen LogP contribution in [0.4, 0.5) is 0 Å². The van der Waals surface area contributed by atoms with Gasteiger partial charge in [-0.2, -0.15) is 5.10 Å². The molecule has 0 spiro atoms. The normalized spacial score (nSPS) is 12.5. The van der Waals surface area contributed by atoms with E-state index >= 15 is 0 Å². The molecule has 0 fully saturated rings. The van der Waals surface area contributed by atoms with E-state index in [9.17, 15) is 0 Å². The fourth-order valence-corrected chi connectivity index (χ4v) is 2.28. The monoisotopic (exact) mass is 261 g/mol. The lowest BCUT2D eigenvalue weighted by Gasteiger charge is -2.19. The number of rotatable bonds is 4. The van der Waals surface area contributed by atoms with Crippen molar-refractivity contribution in [1.82, 2.24) is 20.2 Å². The Kier molecular flexibility index (Phi) is 3.82. The third-order valence-corrected chi connectivity index (χ3v) is 3.05. The molecule has 1 atom stereocenters. The van der Waals surface area contributed by atoms with Gasteiger partial charge in [-0.1, -0.05) is 0 Å². The van der Waals surface area contributed by atoms with Gasteiger partial charge in [-0.05, 0) is 31.5 Å². The van der Waals surface area contributed by atoms with Crippen LogP contribution in [0.3, 0.4) is 0 Å². The van der Waals surface area contributed by atoms with Gasteiger partial charge in [-0.15, -0.1) is 0 Å². The van der Waals surface area contributed by atoms with Crippen molar-refractivity contribution in [3.8, 4) is 5.75 Å². The Morgan fingerprint density at radius 2 is 1.95 bits per heavy atom. The molecule has 0 aliphatic rings. The number of aryl methyl sites for hydroxylation is 3. The van der Waals surface area contributed by atoms with E-state index in [-0.39, 0.29) is 6.04 Å². The Balaban J connectivity index is 2.52. The molecule has 0 saturated heterocycles. The van der Waals surface area contributed by atoms with E-state index < -0.39 is 0 Å². The van der Waals surface area contributed by atoms with Gasteiger partial charge in [-0.25, -0.2) is 5.43 Å². The van der Waals surface area contributed by atoms with Crippen LogP contribution in [0.2, 0.25) is 0 Å². The zero-order valence-electron chi connectivity index (χ0n) is 11.6. The van der Waals surface area contributed by atoms with Gasteiger partial charge in [-0.3, -0.25) is 15.5 Å². The van der Waals surface area contributed by atoms with Crippen molar-refractivity contribution in [2.75, 3.05) is 7.11 Å². The molecule has 2 aromatic heterocycles. The fourth-order valence-electron chi connectivity index (χ4n) is 2.28. The molecule has 0 bridgehead atoms. The zero-order valence-corrected chi connectivity index (χ0v) is 11.6. The highest BCUT2D eigenvalue weighted by Gasteiger charge is 2.22. The molecule has 0 saturated carbocycles. The van der Waals surface area contributed by atoms with Crippen molar-refractivity contribution in [2.45, 2.75) is 19.9 Å². The summed E-state index contributed by atoms with van der Waals surface area (Å²) in [4.78, 5) is 4.38. The highest BCUT2D eigenvalue weighted by atomic mass is 16.5. The topological polar surface area (TPSA) is 78.0 Å². The maximum absolute atomic E-state index is 5.72. The summed E-state index contributed by atoms with van der Waals surface area (Å²) in [6.45, 7) is 3.93. The molecule has 0 amide bonds. The van der Waals surface area contributed by atoms with Crippen molar-refractivity contribution in [3.63, 3.8) is 0 Å². The number of nitrogens with one attached hydrogen (secondary N) is 1. The maximum atomic E-state index is 5.72. The first kappa shape index (κ1) is 13.5. The van der Waals surface area contributed by atoms with Crippen LogP contribution in [0.15, 0.2) is 18.3 Å². The Morgan fingerprint density at radius 1 is 1.32 bits per heavy atom. The Morgan fingerprint density at radius 3 is 2.47 bits per heavy atom. The van der Waals surface area contributed by atoms with Crippen LogP contribution in [0.25, 0.3) is 0 Å². The van der Waals surface area contributed by atoms with E-state index in [1.54, 1.807) is 18.0 Å². The minimum absolute atomic E-state index is 0.192. The van der Waals surface area contributed by atoms with E-state index in [0.29, 0.717) is 5.75 Å². The van der Waals surface area contributed by atoms with E-state index in [1.807, 2.05) is 33.0 Å². The van der Waals surface area contributed by atoms with E-state index in [4.69, 9.17) is 10.6 Å². The molecule has 6 heteroatoms. The smallest absolute Gasteiger partial charge is 0.161 e. The third-order valence-electron chi connectivity index (χ3n) is 3.05. The van der Waals surface area contributed by atoms with E-state index in [2.05, 4.69) is 15.5 Å². The second-order valence-corrected chi connectivity index (χ2v) is 4.50. The number of pyridine rings is 1. The average molecular weight is 261 g/mol. The molecule has 3 N–H and O–H groups in total. The summed E-state index contributed by atoms with van der Waals surface area (Å²) >= 11 is 0. The summed E-state index contributed by atoms with van der Waals surface area (Å²) in [6.07, 6.45) is 1.68. The van der Waals surface area contributed by atoms with Crippen molar-refractivity contribution in [2.24, 2.45) is 12.9 Å². The molecule has 102 valence electrons. The zero-order chi connectivity index (χ0) is 14.0. The second-order valence-electron chi connectivity index (χ2n) is 4.50. The SMILES string of the molecule is COc1cnn(C)c1C(NN)c1cc(C)nc(C)c1. The number of hydrazine groups is 1. The Labute approximate surface area is 112 Å². The Bertz CT molecular complexity index is 558. The minimum Gasteiger partial charge on any atom is -0.493 e. The second kappa shape index (κ2) is 5.38. The molecule has 19 heavy (non-hydrogen) atoms. The van der Waals surface area contributed by atoms with Crippen LogP contribution in [0, 0.1) is 13.8 Å². The quantitative estimate of drug-likeness (QED) is 0.634. The van der Waals surface area contributed by atoms with Gasteiger partial charge in [0.05, 0.1) is 19.3 Å². The number of hydrogen-bond donors (Lipinski definition) is 2. The summed E-state index contributed by atoms with van der Waals surface area (Å²) in [5, 5.41) is 4.21. The standard InChI is InChI=1S/C13H19N5O/c1-8-5-10(6-9(2)16-8)12(17-14)13-11(19-4)7-15-18(13)3/h5-7,12,17H,14H2,1-4H3. The molecule has 0 aromatic carbocycles. The molecular formula is C13H19N5O. The summed E-state index contributed by atoms with van der Waals surface area (Å²) < 4.78 is 7.09. The fraction of sp³-hybridized carbons (Fsp3) is 0.385. The van der Waals surface area contributed by atoms with Gasteiger partial charge in [0.15, 0.2) is 5.75 Å². The molecule has 2 heterocycles. The molecule has 2 rings (SSSR count). The summed E-state index contributed by atoms with van der Waals surface area (Å²) in [5.74, 6) is 6.43. The van der Waals surface area contributed by atoms with Crippen LogP contribution in [0.1, 0.15) is 28.7 Å². The van der Waals surface area contributed by atoms with Crippen molar-refractivity contribution in [3.05, 3.63) is 41.0 Å².